The highest BCUT2D eigenvalue weighted by Crippen LogP contribution is 2.30. The average Bonchev–Trinajstić information content (AvgIpc) is 2.41. The van der Waals surface area contributed by atoms with Gasteiger partial charge in [-0.05, 0) is 49.7 Å². The van der Waals surface area contributed by atoms with E-state index in [2.05, 4.69) is 6.58 Å². The van der Waals surface area contributed by atoms with Crippen molar-refractivity contribution in [3.8, 4) is 5.75 Å². The lowest BCUT2D eigenvalue weighted by Gasteiger charge is -2.26. The van der Waals surface area contributed by atoms with Crippen molar-refractivity contribution in [3.05, 3.63) is 42.5 Å². The molecular formula is C15H18F2O. The van der Waals surface area contributed by atoms with Crippen molar-refractivity contribution in [1.29, 1.82) is 0 Å². The number of rotatable bonds is 4. The van der Waals surface area contributed by atoms with E-state index < -0.39 is 11.6 Å². The average molecular weight is 252 g/mol. The van der Waals surface area contributed by atoms with Crippen molar-refractivity contribution in [2.75, 3.05) is 6.61 Å². The summed E-state index contributed by atoms with van der Waals surface area (Å²) in [5.74, 6) is -0.697. The highest BCUT2D eigenvalue weighted by atomic mass is 19.2. The molecule has 1 aliphatic rings. The maximum atomic E-state index is 13.4. The zero-order valence-corrected chi connectivity index (χ0v) is 10.4. The van der Waals surface area contributed by atoms with Gasteiger partial charge in [0, 0.05) is 0 Å². The molecule has 0 spiro atoms. The van der Waals surface area contributed by atoms with Gasteiger partial charge in [-0.2, -0.15) is 4.39 Å². The van der Waals surface area contributed by atoms with Crippen molar-refractivity contribution >= 4 is 0 Å². The molecule has 0 saturated heterocycles. The number of hydrogen-bond acceptors (Lipinski definition) is 1. The molecule has 98 valence electrons. The summed E-state index contributed by atoms with van der Waals surface area (Å²) in [5, 5.41) is 0. The van der Waals surface area contributed by atoms with E-state index in [1.165, 1.54) is 12.1 Å². The topological polar surface area (TPSA) is 9.23 Å². The van der Waals surface area contributed by atoms with Crippen LogP contribution in [0.4, 0.5) is 8.78 Å². The molecule has 0 amide bonds. The lowest BCUT2D eigenvalue weighted by Crippen LogP contribution is -2.19. The van der Waals surface area contributed by atoms with Crippen molar-refractivity contribution < 1.29 is 13.5 Å². The molecule has 0 atom stereocenters. The molecule has 0 unspecified atom stereocenters. The molecule has 1 nitrogen and oxygen atoms in total. The van der Waals surface area contributed by atoms with Gasteiger partial charge in [0.25, 0.3) is 0 Å². The van der Waals surface area contributed by atoms with Gasteiger partial charge in [0.2, 0.25) is 5.82 Å². The predicted octanol–water partition coefficient (Wildman–Crippen LogP) is 4.34. The van der Waals surface area contributed by atoms with E-state index in [1.54, 1.807) is 0 Å². The summed E-state index contributed by atoms with van der Waals surface area (Å²) in [7, 11) is 0. The minimum Gasteiger partial charge on any atom is -0.490 e. The zero-order valence-electron chi connectivity index (χ0n) is 10.4. The monoisotopic (exact) mass is 252 g/mol. The summed E-state index contributed by atoms with van der Waals surface area (Å²) >= 11 is 0. The van der Waals surface area contributed by atoms with Crippen LogP contribution in [0.1, 0.15) is 25.7 Å². The van der Waals surface area contributed by atoms with Gasteiger partial charge >= 0.3 is 0 Å². The first-order valence-corrected chi connectivity index (χ1v) is 6.40. The lowest BCUT2D eigenvalue weighted by atomic mass is 9.82. The van der Waals surface area contributed by atoms with Crippen LogP contribution in [0.25, 0.3) is 0 Å². The molecule has 0 N–H and O–H groups in total. The molecule has 1 aromatic carbocycles. The van der Waals surface area contributed by atoms with Crippen LogP contribution < -0.4 is 4.74 Å². The lowest BCUT2D eigenvalue weighted by molar-refractivity contribution is 0.188. The fraction of sp³-hybridized carbons (Fsp3) is 0.467. The molecule has 0 radical (unpaired) electrons. The summed E-state index contributed by atoms with van der Waals surface area (Å²) in [6, 6.07) is 4.02. The number of benzene rings is 1. The van der Waals surface area contributed by atoms with E-state index in [-0.39, 0.29) is 5.75 Å². The van der Waals surface area contributed by atoms with E-state index in [1.807, 2.05) is 6.08 Å². The second-order valence-corrected chi connectivity index (χ2v) is 4.88. The Morgan fingerprint density at radius 2 is 1.94 bits per heavy atom. The molecule has 3 heteroatoms. The number of ether oxygens (including phenoxy) is 1. The van der Waals surface area contributed by atoms with E-state index in [4.69, 9.17) is 4.74 Å². The van der Waals surface area contributed by atoms with E-state index in [9.17, 15) is 8.78 Å². The molecule has 0 heterocycles. The first-order valence-electron chi connectivity index (χ1n) is 6.40. The smallest absolute Gasteiger partial charge is 0.200 e. The van der Waals surface area contributed by atoms with Crippen LogP contribution >= 0.6 is 0 Å². The molecule has 0 bridgehead atoms. The summed E-state index contributed by atoms with van der Waals surface area (Å²) in [4.78, 5) is 0. The molecule has 18 heavy (non-hydrogen) atoms. The van der Waals surface area contributed by atoms with Crippen LogP contribution in [0.3, 0.4) is 0 Å². The third kappa shape index (κ3) is 3.09. The fourth-order valence-corrected chi connectivity index (χ4v) is 2.39. The first-order chi connectivity index (χ1) is 8.70. The van der Waals surface area contributed by atoms with Crippen molar-refractivity contribution in [2.45, 2.75) is 25.7 Å². The SMILES string of the molecule is C=CC1CCC(COc2cccc(F)c2F)CC1. The van der Waals surface area contributed by atoms with E-state index >= 15 is 0 Å². The minimum atomic E-state index is -0.891. The number of allylic oxidation sites excluding steroid dienone is 1. The maximum Gasteiger partial charge on any atom is 0.200 e. The zero-order chi connectivity index (χ0) is 13.0. The van der Waals surface area contributed by atoms with Crippen LogP contribution in [-0.4, -0.2) is 6.61 Å². The highest BCUT2D eigenvalue weighted by molar-refractivity contribution is 5.25. The Balaban J connectivity index is 1.85. The molecule has 1 fully saturated rings. The summed E-state index contributed by atoms with van der Waals surface area (Å²) < 4.78 is 31.7. The van der Waals surface area contributed by atoms with Crippen LogP contribution in [0.15, 0.2) is 30.9 Å². The Morgan fingerprint density at radius 3 is 2.61 bits per heavy atom. The van der Waals surface area contributed by atoms with Gasteiger partial charge in [-0.25, -0.2) is 4.39 Å². The van der Waals surface area contributed by atoms with Crippen molar-refractivity contribution in [2.24, 2.45) is 11.8 Å². The van der Waals surface area contributed by atoms with Gasteiger partial charge in [-0.1, -0.05) is 12.1 Å². The third-order valence-corrected chi connectivity index (χ3v) is 3.62. The largest absolute Gasteiger partial charge is 0.490 e. The number of hydrogen-bond donors (Lipinski definition) is 0. The highest BCUT2D eigenvalue weighted by Gasteiger charge is 2.20. The Morgan fingerprint density at radius 1 is 1.22 bits per heavy atom. The Hall–Kier alpha value is -1.38. The molecular weight excluding hydrogens is 234 g/mol. The first kappa shape index (κ1) is 13.1. The Labute approximate surface area is 106 Å². The molecule has 2 rings (SSSR count). The van der Waals surface area contributed by atoms with Gasteiger partial charge < -0.3 is 4.74 Å². The molecule has 1 aliphatic carbocycles. The third-order valence-electron chi connectivity index (χ3n) is 3.62. The summed E-state index contributed by atoms with van der Waals surface area (Å²) in [6.07, 6.45) is 6.36. The Kier molecular flexibility index (Phi) is 4.34. The molecule has 0 aromatic heterocycles. The van der Waals surface area contributed by atoms with Crippen molar-refractivity contribution in [1.82, 2.24) is 0 Å². The second kappa shape index (κ2) is 5.98. The summed E-state index contributed by atoms with van der Waals surface area (Å²) in [5.41, 5.74) is 0. The normalized spacial score (nSPS) is 23.7. The van der Waals surface area contributed by atoms with Gasteiger partial charge in [0.05, 0.1) is 6.61 Å². The van der Waals surface area contributed by atoms with Crippen LogP contribution in [0.2, 0.25) is 0 Å². The van der Waals surface area contributed by atoms with Crippen LogP contribution in [0, 0.1) is 23.5 Å². The second-order valence-electron chi connectivity index (χ2n) is 4.88. The maximum absolute atomic E-state index is 13.4. The quantitative estimate of drug-likeness (QED) is 0.724. The van der Waals surface area contributed by atoms with E-state index in [0.717, 1.165) is 31.7 Å². The molecule has 0 aliphatic heterocycles. The Bertz CT molecular complexity index is 409. The van der Waals surface area contributed by atoms with Gasteiger partial charge in [0.15, 0.2) is 11.6 Å². The summed E-state index contributed by atoms with van der Waals surface area (Å²) in [6.45, 7) is 4.26. The molecule has 1 saturated carbocycles. The van der Waals surface area contributed by atoms with E-state index in [0.29, 0.717) is 18.4 Å². The van der Waals surface area contributed by atoms with Crippen LogP contribution in [-0.2, 0) is 0 Å². The predicted molar refractivity (Wildman–Crippen MR) is 67.5 cm³/mol. The van der Waals surface area contributed by atoms with Crippen molar-refractivity contribution in [3.63, 3.8) is 0 Å². The minimum absolute atomic E-state index is 0.0147. The standard InChI is InChI=1S/C15H18F2O/c1-2-11-6-8-12(9-7-11)10-18-14-5-3-4-13(16)15(14)17/h2-5,11-12H,1,6-10H2. The van der Waals surface area contributed by atoms with Crippen LogP contribution in [0.5, 0.6) is 5.75 Å². The molecule has 1 aromatic rings. The number of halogens is 2. The van der Waals surface area contributed by atoms with Gasteiger partial charge in [-0.3, -0.25) is 0 Å². The van der Waals surface area contributed by atoms with Gasteiger partial charge in [0.1, 0.15) is 0 Å². The van der Waals surface area contributed by atoms with Gasteiger partial charge in [-0.15, -0.1) is 6.58 Å². The fourth-order valence-electron chi connectivity index (χ4n) is 2.39.